The van der Waals surface area contributed by atoms with Crippen molar-refractivity contribution in [2.45, 2.75) is 12.8 Å². The number of hydrogen-bond donors (Lipinski definition) is 2. The zero-order valence-corrected chi connectivity index (χ0v) is 8.14. The van der Waals surface area contributed by atoms with Crippen molar-refractivity contribution in [1.29, 1.82) is 0 Å². The normalized spacial score (nSPS) is 14.9. The van der Waals surface area contributed by atoms with E-state index in [1.54, 1.807) is 0 Å². The minimum Gasteiger partial charge on any atom is -0.478 e. The second kappa shape index (κ2) is 3.76. The molecule has 5 nitrogen and oxygen atoms in total. The van der Waals surface area contributed by atoms with Crippen LogP contribution in [0.15, 0.2) is 12.3 Å². The van der Waals surface area contributed by atoms with E-state index in [1.165, 1.54) is 25.1 Å². The fourth-order valence-corrected chi connectivity index (χ4v) is 1.19. The predicted molar refractivity (Wildman–Crippen MR) is 53.8 cm³/mol. The summed E-state index contributed by atoms with van der Waals surface area (Å²) in [6.07, 6.45) is 3.63. The summed E-state index contributed by atoms with van der Waals surface area (Å²) in [4.78, 5) is 14.5. The van der Waals surface area contributed by atoms with Gasteiger partial charge < -0.3 is 15.6 Å². The number of aromatic nitrogens is 1. The molecule has 0 aliphatic heterocycles. The number of carboxylic acids is 1. The van der Waals surface area contributed by atoms with E-state index in [-0.39, 0.29) is 11.3 Å². The van der Waals surface area contributed by atoms with Crippen molar-refractivity contribution in [3.63, 3.8) is 0 Å². The van der Waals surface area contributed by atoms with Crippen LogP contribution in [0.2, 0.25) is 0 Å². The second-order valence-corrected chi connectivity index (χ2v) is 3.68. The Kier molecular flexibility index (Phi) is 2.45. The monoisotopic (exact) mass is 208 g/mol. The molecular weight excluding hydrogens is 196 g/mol. The molecule has 1 aliphatic carbocycles. The van der Waals surface area contributed by atoms with Crippen LogP contribution in [0.4, 0.5) is 5.69 Å². The van der Waals surface area contributed by atoms with E-state index in [1.807, 2.05) is 0 Å². The molecule has 3 N–H and O–H groups in total. The Morgan fingerprint density at radius 1 is 1.67 bits per heavy atom. The van der Waals surface area contributed by atoms with E-state index in [0.717, 1.165) is 0 Å². The third-order valence-electron chi connectivity index (χ3n) is 2.28. The number of nitrogen functional groups attached to an aromatic ring is 1. The van der Waals surface area contributed by atoms with E-state index < -0.39 is 5.97 Å². The van der Waals surface area contributed by atoms with Gasteiger partial charge in [0.1, 0.15) is 0 Å². The summed E-state index contributed by atoms with van der Waals surface area (Å²) in [6.45, 7) is 0.615. The van der Waals surface area contributed by atoms with Crippen LogP contribution in [0.3, 0.4) is 0 Å². The molecule has 1 heterocycles. The van der Waals surface area contributed by atoms with E-state index in [4.69, 9.17) is 15.6 Å². The molecule has 0 spiro atoms. The number of pyridine rings is 1. The standard InChI is InChI=1S/C10H12N2O3/c11-8-3-7(10(13)14)4-12-9(8)15-5-6-1-2-6/h3-4,6H,1-2,5,11H2,(H,13,14). The SMILES string of the molecule is Nc1cc(C(=O)O)cnc1OCC1CC1. The first-order chi connectivity index (χ1) is 7.16. The summed E-state index contributed by atoms with van der Waals surface area (Å²) in [6, 6.07) is 1.36. The number of carbonyl (C=O) groups is 1. The highest BCUT2D eigenvalue weighted by Crippen LogP contribution is 2.30. The molecule has 5 heteroatoms. The van der Waals surface area contributed by atoms with Gasteiger partial charge in [0, 0.05) is 6.20 Å². The molecule has 0 radical (unpaired) electrons. The lowest BCUT2D eigenvalue weighted by atomic mass is 10.2. The molecule has 1 aliphatic rings. The largest absolute Gasteiger partial charge is 0.478 e. The molecule has 0 unspecified atom stereocenters. The van der Waals surface area contributed by atoms with Crippen LogP contribution in [-0.2, 0) is 0 Å². The van der Waals surface area contributed by atoms with Crippen LogP contribution in [0.5, 0.6) is 5.88 Å². The lowest BCUT2D eigenvalue weighted by Gasteiger charge is -2.06. The average Bonchev–Trinajstić information content (AvgIpc) is 2.99. The molecule has 15 heavy (non-hydrogen) atoms. The van der Waals surface area contributed by atoms with Gasteiger partial charge in [-0.05, 0) is 24.8 Å². The third kappa shape index (κ3) is 2.37. The Morgan fingerprint density at radius 3 is 2.93 bits per heavy atom. The summed E-state index contributed by atoms with van der Waals surface area (Å²) in [5.41, 5.74) is 5.96. The predicted octanol–water partition coefficient (Wildman–Crippen LogP) is 1.15. The molecule has 0 bridgehead atoms. The molecule has 1 aromatic heterocycles. The summed E-state index contributed by atoms with van der Waals surface area (Å²) >= 11 is 0. The Bertz CT molecular complexity index is 388. The van der Waals surface area contributed by atoms with E-state index in [2.05, 4.69) is 4.98 Å². The zero-order chi connectivity index (χ0) is 10.8. The van der Waals surface area contributed by atoms with Crippen molar-refractivity contribution in [2.24, 2.45) is 5.92 Å². The fourth-order valence-electron chi connectivity index (χ4n) is 1.19. The van der Waals surface area contributed by atoms with Crippen molar-refractivity contribution < 1.29 is 14.6 Å². The lowest BCUT2D eigenvalue weighted by molar-refractivity contribution is 0.0696. The van der Waals surface area contributed by atoms with E-state index in [0.29, 0.717) is 18.4 Å². The van der Waals surface area contributed by atoms with Gasteiger partial charge in [0.15, 0.2) is 0 Å². The van der Waals surface area contributed by atoms with Gasteiger partial charge in [-0.1, -0.05) is 0 Å². The van der Waals surface area contributed by atoms with Gasteiger partial charge in [-0.2, -0.15) is 0 Å². The molecule has 0 aromatic carbocycles. The second-order valence-electron chi connectivity index (χ2n) is 3.68. The zero-order valence-electron chi connectivity index (χ0n) is 8.14. The van der Waals surface area contributed by atoms with Crippen molar-refractivity contribution in [2.75, 3.05) is 12.3 Å². The van der Waals surface area contributed by atoms with Crippen LogP contribution in [0.1, 0.15) is 23.2 Å². The van der Waals surface area contributed by atoms with Gasteiger partial charge in [0.25, 0.3) is 0 Å². The van der Waals surface area contributed by atoms with E-state index in [9.17, 15) is 4.79 Å². The first kappa shape index (κ1) is 9.76. The molecule has 1 fully saturated rings. The van der Waals surface area contributed by atoms with Gasteiger partial charge in [-0.3, -0.25) is 0 Å². The Hall–Kier alpha value is -1.78. The number of nitrogens with zero attached hydrogens (tertiary/aromatic N) is 1. The fraction of sp³-hybridized carbons (Fsp3) is 0.400. The maximum atomic E-state index is 10.6. The Labute approximate surface area is 86.9 Å². The first-order valence-corrected chi connectivity index (χ1v) is 4.78. The number of anilines is 1. The maximum absolute atomic E-state index is 10.6. The number of rotatable bonds is 4. The van der Waals surface area contributed by atoms with Gasteiger partial charge in [0.05, 0.1) is 17.9 Å². The summed E-state index contributed by atoms with van der Waals surface area (Å²) in [5.74, 6) is -0.0970. The molecule has 1 saturated carbocycles. The minimum absolute atomic E-state index is 0.0753. The van der Waals surface area contributed by atoms with Crippen LogP contribution < -0.4 is 10.5 Å². The number of aromatic carboxylic acids is 1. The quantitative estimate of drug-likeness (QED) is 0.775. The maximum Gasteiger partial charge on any atom is 0.337 e. The van der Waals surface area contributed by atoms with Crippen molar-refractivity contribution in [1.82, 2.24) is 4.98 Å². The molecule has 80 valence electrons. The highest BCUT2D eigenvalue weighted by molar-refractivity contribution is 5.88. The van der Waals surface area contributed by atoms with Crippen molar-refractivity contribution >= 4 is 11.7 Å². The molecule has 0 saturated heterocycles. The van der Waals surface area contributed by atoms with Gasteiger partial charge in [-0.25, -0.2) is 9.78 Å². The smallest absolute Gasteiger partial charge is 0.337 e. The molecular formula is C10H12N2O3. The van der Waals surface area contributed by atoms with Crippen molar-refractivity contribution in [3.05, 3.63) is 17.8 Å². The third-order valence-corrected chi connectivity index (χ3v) is 2.28. The van der Waals surface area contributed by atoms with Gasteiger partial charge in [-0.15, -0.1) is 0 Å². The Balaban J connectivity index is 2.07. The molecule has 0 amide bonds. The van der Waals surface area contributed by atoms with Crippen LogP contribution in [0, 0.1) is 5.92 Å². The Morgan fingerprint density at radius 2 is 2.40 bits per heavy atom. The molecule has 2 rings (SSSR count). The highest BCUT2D eigenvalue weighted by atomic mass is 16.5. The van der Waals surface area contributed by atoms with Gasteiger partial charge in [0.2, 0.25) is 5.88 Å². The molecule has 1 aromatic rings. The topological polar surface area (TPSA) is 85.4 Å². The summed E-state index contributed by atoms with van der Waals surface area (Å²) in [5, 5.41) is 8.69. The van der Waals surface area contributed by atoms with Crippen molar-refractivity contribution in [3.8, 4) is 5.88 Å². The summed E-state index contributed by atoms with van der Waals surface area (Å²) < 4.78 is 5.37. The van der Waals surface area contributed by atoms with Crippen LogP contribution in [-0.4, -0.2) is 22.7 Å². The minimum atomic E-state index is -1.04. The number of ether oxygens (including phenoxy) is 1. The van der Waals surface area contributed by atoms with Crippen LogP contribution in [0.25, 0.3) is 0 Å². The highest BCUT2D eigenvalue weighted by Gasteiger charge is 2.22. The summed E-state index contributed by atoms with van der Waals surface area (Å²) in [7, 11) is 0. The van der Waals surface area contributed by atoms with Crippen LogP contribution >= 0.6 is 0 Å². The molecule has 0 atom stereocenters. The first-order valence-electron chi connectivity index (χ1n) is 4.78. The number of hydrogen-bond acceptors (Lipinski definition) is 4. The van der Waals surface area contributed by atoms with Gasteiger partial charge >= 0.3 is 5.97 Å². The number of carboxylic acid groups (broad SMARTS) is 1. The average molecular weight is 208 g/mol. The van der Waals surface area contributed by atoms with E-state index >= 15 is 0 Å². The number of nitrogens with two attached hydrogens (primary N) is 1. The lowest BCUT2D eigenvalue weighted by Crippen LogP contribution is -2.06.